The Morgan fingerprint density at radius 2 is 1.87 bits per heavy atom. The SMILES string of the molecule is COc1c(Cl)cccc1C1=C(c2ccc(C=C3CN(CCCF)C3)cc2)c2ccc(C(=O)O)cc2CCC1. The van der Waals surface area contributed by atoms with Gasteiger partial charge in [0.15, 0.2) is 0 Å². The summed E-state index contributed by atoms with van der Waals surface area (Å²) in [6.07, 6.45) is 5.28. The molecule has 5 rings (SSSR count). The van der Waals surface area contributed by atoms with E-state index in [1.807, 2.05) is 24.3 Å². The molecule has 3 aromatic rings. The van der Waals surface area contributed by atoms with E-state index in [0.717, 1.165) is 77.9 Å². The van der Waals surface area contributed by atoms with Gasteiger partial charge in [-0.3, -0.25) is 9.29 Å². The van der Waals surface area contributed by atoms with Gasteiger partial charge in [-0.15, -0.1) is 0 Å². The Bertz CT molecular complexity index is 1400. The first-order chi connectivity index (χ1) is 18.5. The van der Waals surface area contributed by atoms with Crippen molar-refractivity contribution in [2.45, 2.75) is 25.7 Å². The summed E-state index contributed by atoms with van der Waals surface area (Å²) >= 11 is 6.52. The van der Waals surface area contributed by atoms with Crippen molar-refractivity contribution in [1.82, 2.24) is 4.90 Å². The molecule has 1 heterocycles. The van der Waals surface area contributed by atoms with Crippen LogP contribution in [0, 0.1) is 0 Å². The Balaban J connectivity index is 1.58. The number of ether oxygens (including phenoxy) is 1. The lowest BCUT2D eigenvalue weighted by molar-refractivity contribution is 0.0696. The van der Waals surface area contributed by atoms with E-state index in [1.54, 1.807) is 19.2 Å². The second-order valence-electron chi connectivity index (χ2n) is 9.88. The molecular formula is C32H31ClFNO3. The molecule has 0 saturated carbocycles. The Morgan fingerprint density at radius 1 is 1.08 bits per heavy atom. The van der Waals surface area contributed by atoms with E-state index in [2.05, 4.69) is 35.2 Å². The van der Waals surface area contributed by atoms with Crippen LogP contribution >= 0.6 is 11.6 Å². The first-order valence-corrected chi connectivity index (χ1v) is 13.4. The van der Waals surface area contributed by atoms with Crippen LogP contribution in [0.5, 0.6) is 5.75 Å². The minimum absolute atomic E-state index is 0.267. The molecule has 2 aliphatic rings. The molecule has 3 aromatic carbocycles. The minimum Gasteiger partial charge on any atom is -0.495 e. The fourth-order valence-corrected chi connectivity index (χ4v) is 5.77. The first-order valence-electron chi connectivity index (χ1n) is 13.0. The summed E-state index contributed by atoms with van der Waals surface area (Å²) in [5, 5.41) is 10.1. The van der Waals surface area contributed by atoms with Crippen molar-refractivity contribution < 1.29 is 19.0 Å². The highest BCUT2D eigenvalue weighted by Crippen LogP contribution is 2.44. The molecule has 1 aliphatic heterocycles. The number of aromatic carboxylic acids is 1. The van der Waals surface area contributed by atoms with Crippen LogP contribution in [-0.2, 0) is 6.42 Å². The van der Waals surface area contributed by atoms with Gasteiger partial charge in [-0.05, 0) is 82.9 Å². The molecule has 0 bridgehead atoms. The Labute approximate surface area is 228 Å². The third kappa shape index (κ3) is 5.40. The molecule has 0 spiro atoms. The highest BCUT2D eigenvalue weighted by Gasteiger charge is 2.24. The maximum atomic E-state index is 12.4. The van der Waals surface area contributed by atoms with E-state index in [4.69, 9.17) is 16.3 Å². The summed E-state index contributed by atoms with van der Waals surface area (Å²) in [5.74, 6) is -0.271. The van der Waals surface area contributed by atoms with Crippen LogP contribution in [0.3, 0.4) is 0 Å². The van der Waals surface area contributed by atoms with Crippen LogP contribution in [0.4, 0.5) is 4.39 Å². The number of rotatable bonds is 8. The van der Waals surface area contributed by atoms with Crippen LogP contribution in [0.1, 0.15) is 57.4 Å². The number of benzene rings is 3. The smallest absolute Gasteiger partial charge is 0.335 e. The molecule has 0 unspecified atom stereocenters. The van der Waals surface area contributed by atoms with Gasteiger partial charge in [0.2, 0.25) is 0 Å². The highest BCUT2D eigenvalue weighted by molar-refractivity contribution is 6.32. The minimum atomic E-state index is -0.920. The molecule has 38 heavy (non-hydrogen) atoms. The number of aryl methyl sites for hydroxylation is 1. The standard InChI is InChI=1S/C32H31ClFNO3/c1-38-31-28(7-3-8-29(31)33)27-6-2-5-24-18-25(32(36)37)13-14-26(24)30(27)23-11-9-21(10-12-23)17-22-19-35(20-22)16-4-15-34/h3,7-14,17-18H,2,4-6,15-16,19-20H2,1H3,(H,36,37). The van der Waals surface area contributed by atoms with Gasteiger partial charge in [0, 0.05) is 25.2 Å². The number of hydrogen-bond donors (Lipinski definition) is 1. The van der Waals surface area contributed by atoms with E-state index < -0.39 is 5.97 Å². The predicted octanol–water partition coefficient (Wildman–Crippen LogP) is 7.40. The summed E-state index contributed by atoms with van der Waals surface area (Å²) < 4.78 is 18.2. The number of hydrogen-bond acceptors (Lipinski definition) is 3. The average Bonchev–Trinajstić information content (AvgIpc) is 3.09. The van der Waals surface area contributed by atoms with Gasteiger partial charge in [0.05, 0.1) is 24.4 Å². The third-order valence-corrected chi connectivity index (χ3v) is 7.62. The monoisotopic (exact) mass is 531 g/mol. The molecule has 0 atom stereocenters. The number of likely N-dealkylation sites (tertiary alicyclic amines) is 1. The van der Waals surface area contributed by atoms with Gasteiger partial charge in [0.25, 0.3) is 0 Å². The summed E-state index contributed by atoms with van der Waals surface area (Å²) in [6.45, 7) is 2.33. The number of nitrogens with zero attached hydrogens (tertiary/aromatic N) is 1. The van der Waals surface area contributed by atoms with E-state index >= 15 is 0 Å². The average molecular weight is 532 g/mol. The number of para-hydroxylation sites is 1. The van der Waals surface area contributed by atoms with Crippen molar-refractivity contribution >= 4 is 34.8 Å². The van der Waals surface area contributed by atoms with Gasteiger partial charge in [0.1, 0.15) is 5.75 Å². The Hall–Kier alpha value is -3.41. The number of alkyl halides is 1. The highest BCUT2D eigenvalue weighted by atomic mass is 35.5. The number of carbonyl (C=O) groups is 1. The van der Waals surface area contributed by atoms with Crippen molar-refractivity contribution in [2.75, 3.05) is 33.4 Å². The van der Waals surface area contributed by atoms with Crippen molar-refractivity contribution in [1.29, 1.82) is 0 Å². The summed E-state index contributed by atoms with van der Waals surface area (Å²) in [7, 11) is 1.64. The molecule has 0 aromatic heterocycles. The summed E-state index contributed by atoms with van der Waals surface area (Å²) in [5.41, 5.74) is 9.09. The molecular weight excluding hydrogens is 501 g/mol. The van der Waals surface area contributed by atoms with Gasteiger partial charge in [-0.25, -0.2) is 4.79 Å². The largest absolute Gasteiger partial charge is 0.495 e. The molecule has 1 saturated heterocycles. The van der Waals surface area contributed by atoms with Crippen LogP contribution in [-0.4, -0.2) is 49.4 Å². The van der Waals surface area contributed by atoms with Crippen LogP contribution < -0.4 is 4.74 Å². The molecule has 0 amide bonds. The topological polar surface area (TPSA) is 49.8 Å². The number of allylic oxidation sites excluding steroid dienone is 1. The Kier molecular flexibility index (Phi) is 7.96. The number of carboxylic acid groups (broad SMARTS) is 1. The third-order valence-electron chi connectivity index (χ3n) is 7.32. The Morgan fingerprint density at radius 3 is 2.58 bits per heavy atom. The molecule has 0 radical (unpaired) electrons. The number of carboxylic acids is 1. The van der Waals surface area contributed by atoms with E-state index in [0.29, 0.717) is 22.8 Å². The van der Waals surface area contributed by atoms with Crippen LogP contribution in [0.2, 0.25) is 5.02 Å². The van der Waals surface area contributed by atoms with Crippen LogP contribution in [0.15, 0.2) is 66.2 Å². The number of methoxy groups -OCH3 is 1. The van der Waals surface area contributed by atoms with E-state index in [9.17, 15) is 14.3 Å². The maximum absolute atomic E-state index is 12.4. The molecule has 1 N–H and O–H groups in total. The van der Waals surface area contributed by atoms with Crippen molar-refractivity contribution in [3.8, 4) is 5.75 Å². The van der Waals surface area contributed by atoms with Crippen LogP contribution in [0.25, 0.3) is 17.2 Å². The van der Waals surface area contributed by atoms with Gasteiger partial charge >= 0.3 is 5.97 Å². The fourth-order valence-electron chi connectivity index (χ4n) is 5.52. The summed E-state index contributed by atoms with van der Waals surface area (Å²) in [6, 6.07) is 19.8. The normalized spacial score (nSPS) is 15.5. The quantitative estimate of drug-likeness (QED) is 0.329. The van der Waals surface area contributed by atoms with Crippen molar-refractivity contribution in [3.63, 3.8) is 0 Å². The molecule has 1 aliphatic carbocycles. The molecule has 196 valence electrons. The number of halogens is 2. The lowest BCUT2D eigenvalue weighted by Crippen LogP contribution is -2.40. The summed E-state index contributed by atoms with van der Waals surface area (Å²) in [4.78, 5) is 13.9. The fraction of sp³-hybridized carbons (Fsp3) is 0.281. The zero-order valence-electron chi connectivity index (χ0n) is 21.5. The molecule has 6 heteroatoms. The zero-order valence-corrected chi connectivity index (χ0v) is 22.2. The second-order valence-corrected chi connectivity index (χ2v) is 10.3. The van der Waals surface area contributed by atoms with Crippen molar-refractivity contribution in [2.24, 2.45) is 0 Å². The maximum Gasteiger partial charge on any atom is 0.335 e. The van der Waals surface area contributed by atoms with Crippen molar-refractivity contribution in [3.05, 3.63) is 105 Å². The van der Waals surface area contributed by atoms with Gasteiger partial charge in [-0.2, -0.15) is 0 Å². The van der Waals surface area contributed by atoms with Gasteiger partial charge < -0.3 is 9.84 Å². The molecule has 4 nitrogen and oxygen atoms in total. The van der Waals surface area contributed by atoms with E-state index in [1.165, 1.54) is 5.57 Å². The predicted molar refractivity (Wildman–Crippen MR) is 152 cm³/mol. The molecule has 1 fully saturated rings. The van der Waals surface area contributed by atoms with Gasteiger partial charge in [-0.1, -0.05) is 60.1 Å². The lowest BCUT2D eigenvalue weighted by atomic mass is 9.86. The number of fused-ring (bicyclic) bond motifs is 1. The van der Waals surface area contributed by atoms with E-state index in [-0.39, 0.29) is 6.67 Å². The zero-order chi connectivity index (χ0) is 26.6. The first kappa shape index (κ1) is 26.2. The lowest BCUT2D eigenvalue weighted by Gasteiger charge is -2.33. The second kappa shape index (κ2) is 11.5.